The van der Waals surface area contributed by atoms with Crippen molar-refractivity contribution in [3.8, 4) is 56.4 Å². The standard InChI is InChI=1S/C31H32NO2.C24H19N2.CH4.Pt/c1-30(2,3)22-16-20(24-11-7-9-13-28(24)33)15-21(17-22)26-18-23(31(4,5)6)19-27(32-26)25-12-8-10-14-29(25)34;1-3-10-20(11-4-1)26(21-12-5-2-6-13-21)22-15-16-25-18-19-9-7-8-14-23(19)24(25)17-22;;/h7-14,16-19,33-34H,1-6H3;1-17H,18H2;1H4;/q-1;+1;;. The summed E-state index contributed by atoms with van der Waals surface area (Å²) in [6, 6.07) is 60.8. The molecule has 5 nitrogen and oxygen atoms in total. The van der Waals surface area contributed by atoms with Gasteiger partial charge in [0.15, 0.2) is 12.7 Å². The van der Waals surface area contributed by atoms with Crippen molar-refractivity contribution in [1.29, 1.82) is 0 Å². The molecule has 1 aliphatic rings. The number of para-hydroxylation sites is 4. The van der Waals surface area contributed by atoms with Crippen LogP contribution in [0.25, 0.3) is 44.9 Å². The van der Waals surface area contributed by atoms with Crippen molar-refractivity contribution in [2.75, 3.05) is 4.90 Å². The van der Waals surface area contributed by atoms with E-state index in [1.807, 2.05) is 36.4 Å². The molecule has 0 saturated heterocycles. The van der Waals surface area contributed by atoms with E-state index in [0.717, 1.165) is 57.1 Å². The molecule has 62 heavy (non-hydrogen) atoms. The summed E-state index contributed by atoms with van der Waals surface area (Å²) in [7, 11) is 0. The molecule has 2 aromatic heterocycles. The fourth-order valence-electron chi connectivity index (χ4n) is 7.64. The number of phenols is 2. The van der Waals surface area contributed by atoms with Crippen molar-refractivity contribution in [2.45, 2.75) is 66.3 Å². The van der Waals surface area contributed by atoms with Gasteiger partial charge in [-0.05, 0) is 76.6 Å². The molecule has 9 rings (SSSR count). The van der Waals surface area contributed by atoms with Crippen LogP contribution in [-0.4, -0.2) is 15.2 Å². The molecule has 0 atom stereocenters. The van der Waals surface area contributed by atoms with Gasteiger partial charge in [-0.2, -0.15) is 4.57 Å². The Kier molecular flexibility index (Phi) is 13.7. The third-order valence-electron chi connectivity index (χ3n) is 11.0. The summed E-state index contributed by atoms with van der Waals surface area (Å²) in [6.45, 7) is 14.0. The van der Waals surface area contributed by atoms with Crippen LogP contribution in [0.1, 0.15) is 65.7 Å². The van der Waals surface area contributed by atoms with Crippen LogP contribution in [0.2, 0.25) is 0 Å². The number of aromatic hydroxyl groups is 2. The molecule has 0 fully saturated rings. The van der Waals surface area contributed by atoms with Crippen LogP contribution < -0.4 is 9.47 Å². The van der Waals surface area contributed by atoms with Gasteiger partial charge in [0.1, 0.15) is 5.75 Å². The molecular weight excluding hydrogens is 942 g/mol. The summed E-state index contributed by atoms with van der Waals surface area (Å²) in [4.78, 5) is 7.28. The van der Waals surface area contributed by atoms with Crippen molar-refractivity contribution in [2.24, 2.45) is 0 Å². The van der Waals surface area contributed by atoms with Gasteiger partial charge in [0.05, 0.1) is 22.7 Å². The first-order valence-electron chi connectivity index (χ1n) is 20.5. The zero-order chi connectivity index (χ0) is 42.0. The number of hydrogen-bond acceptors (Lipinski definition) is 4. The van der Waals surface area contributed by atoms with E-state index in [2.05, 4.69) is 185 Å². The molecule has 0 aliphatic carbocycles. The van der Waals surface area contributed by atoms with Crippen LogP contribution >= 0.6 is 0 Å². The minimum absolute atomic E-state index is 0. The largest absolute Gasteiger partial charge is 0.515 e. The Balaban J connectivity index is 0.000000206. The van der Waals surface area contributed by atoms with Crippen LogP contribution in [0.5, 0.6) is 11.5 Å². The molecule has 0 amide bonds. The fraction of sp³-hybridized carbons (Fsp3) is 0.179. The molecule has 6 heteroatoms. The minimum Gasteiger partial charge on any atom is -0.515 e. The number of aromatic nitrogens is 2. The first-order valence-corrected chi connectivity index (χ1v) is 20.5. The number of anilines is 3. The average Bonchev–Trinajstić information content (AvgIpc) is 3.62. The number of benzene rings is 6. The normalized spacial score (nSPS) is 11.5. The van der Waals surface area contributed by atoms with Gasteiger partial charge in [0.25, 0.3) is 0 Å². The van der Waals surface area contributed by atoms with Crippen molar-refractivity contribution in [3.05, 3.63) is 199 Å². The molecule has 8 aromatic rings. The molecule has 6 aromatic carbocycles. The Bertz CT molecular complexity index is 2650. The summed E-state index contributed by atoms with van der Waals surface area (Å²) in [5, 5.41) is 21.0. The van der Waals surface area contributed by atoms with E-state index < -0.39 is 0 Å². The van der Waals surface area contributed by atoms with Gasteiger partial charge in [-0.3, -0.25) is 4.98 Å². The number of phenolic OH excluding ortho intramolecular Hbond substituents is 2. The van der Waals surface area contributed by atoms with E-state index in [0.29, 0.717) is 5.56 Å². The van der Waals surface area contributed by atoms with E-state index >= 15 is 0 Å². The van der Waals surface area contributed by atoms with Gasteiger partial charge < -0.3 is 15.1 Å². The summed E-state index contributed by atoms with van der Waals surface area (Å²) < 4.78 is 2.32. The quantitative estimate of drug-likeness (QED) is 0.129. The van der Waals surface area contributed by atoms with Gasteiger partial charge in [-0.1, -0.05) is 146 Å². The Hall–Kier alpha value is -6.29. The number of fused-ring (bicyclic) bond motifs is 3. The molecule has 1 aliphatic heterocycles. The number of hydrogen-bond donors (Lipinski definition) is 2. The SMILES string of the molecule is C.CC(C)(C)c1cc(-c2cc(C(C)(C)C)cc(-c3ccccc3O)n2)[c-]c(-c2ccccc2O)c1.[Pt].c1ccc(N(c2ccccc2)c2cc[n+]3c(c2)-c2ccccc2C3)cc1. The third-order valence-corrected chi connectivity index (χ3v) is 11.0. The van der Waals surface area contributed by atoms with Crippen LogP contribution in [0.4, 0.5) is 17.1 Å². The second kappa shape index (κ2) is 18.8. The summed E-state index contributed by atoms with van der Waals surface area (Å²) >= 11 is 0. The molecule has 0 bridgehead atoms. The van der Waals surface area contributed by atoms with Gasteiger partial charge in [-0.15, -0.1) is 29.3 Å². The van der Waals surface area contributed by atoms with Crippen LogP contribution in [-0.2, 0) is 38.4 Å². The third kappa shape index (κ3) is 9.75. The van der Waals surface area contributed by atoms with Gasteiger partial charge in [-0.25, -0.2) is 0 Å². The van der Waals surface area contributed by atoms with Crippen LogP contribution in [0, 0.1) is 6.07 Å². The molecule has 0 unspecified atom stereocenters. The van der Waals surface area contributed by atoms with E-state index in [1.165, 1.54) is 22.5 Å². The van der Waals surface area contributed by atoms with E-state index in [4.69, 9.17) is 4.98 Å². The first-order chi connectivity index (χ1) is 28.8. The molecule has 316 valence electrons. The number of nitrogens with zero attached hydrogens (tertiary/aromatic N) is 3. The van der Waals surface area contributed by atoms with Crippen LogP contribution in [0.15, 0.2) is 176 Å². The van der Waals surface area contributed by atoms with Gasteiger partial charge >= 0.3 is 0 Å². The zero-order valence-electron chi connectivity index (χ0n) is 35.5. The molecule has 2 N–H and O–H groups in total. The van der Waals surface area contributed by atoms with Crippen molar-refractivity contribution < 1.29 is 35.8 Å². The zero-order valence-corrected chi connectivity index (χ0v) is 37.8. The topological polar surface area (TPSA) is 60.5 Å². The summed E-state index contributed by atoms with van der Waals surface area (Å²) in [5.41, 5.74) is 14.1. The van der Waals surface area contributed by atoms with E-state index in [1.54, 1.807) is 12.1 Å². The summed E-state index contributed by atoms with van der Waals surface area (Å²) in [5.74, 6) is 0.427. The summed E-state index contributed by atoms with van der Waals surface area (Å²) in [6.07, 6.45) is 2.20. The molecule has 0 saturated carbocycles. The van der Waals surface area contributed by atoms with Gasteiger partial charge in [0.2, 0.25) is 5.69 Å². The molecular formula is C56H55N3O2Pt. The molecule has 3 heterocycles. The Labute approximate surface area is 382 Å². The Morgan fingerprint density at radius 2 is 1.00 bits per heavy atom. The minimum atomic E-state index is -0.112. The van der Waals surface area contributed by atoms with Crippen molar-refractivity contribution >= 4 is 17.1 Å². The first kappa shape index (κ1) is 45.2. The molecule has 0 spiro atoms. The van der Waals surface area contributed by atoms with Crippen LogP contribution in [0.3, 0.4) is 0 Å². The van der Waals surface area contributed by atoms with E-state index in [-0.39, 0.29) is 50.8 Å². The maximum Gasteiger partial charge on any atom is 0.215 e. The second-order valence-corrected chi connectivity index (χ2v) is 17.4. The maximum absolute atomic E-state index is 10.5. The number of pyridine rings is 2. The Morgan fingerprint density at radius 1 is 0.516 bits per heavy atom. The van der Waals surface area contributed by atoms with E-state index in [9.17, 15) is 10.2 Å². The van der Waals surface area contributed by atoms with Crippen molar-refractivity contribution in [1.82, 2.24) is 4.98 Å². The number of rotatable bonds is 6. The fourth-order valence-corrected chi connectivity index (χ4v) is 7.64. The average molecular weight is 997 g/mol. The smallest absolute Gasteiger partial charge is 0.215 e. The Morgan fingerprint density at radius 3 is 1.58 bits per heavy atom. The maximum atomic E-state index is 10.5. The monoisotopic (exact) mass is 996 g/mol. The molecule has 0 radical (unpaired) electrons. The van der Waals surface area contributed by atoms with Crippen molar-refractivity contribution in [3.63, 3.8) is 0 Å². The predicted octanol–water partition coefficient (Wildman–Crippen LogP) is 14.0. The van der Waals surface area contributed by atoms with Gasteiger partial charge in [0, 0.05) is 61.4 Å². The predicted molar refractivity (Wildman–Crippen MR) is 253 cm³/mol. The second-order valence-electron chi connectivity index (χ2n) is 17.4.